The lowest BCUT2D eigenvalue weighted by molar-refractivity contribution is 0.0985. The molecule has 2 aromatic heterocycles. The number of carbonyl (C=O) groups is 2. The number of anilines is 3. The summed E-state index contributed by atoms with van der Waals surface area (Å²) in [6.07, 6.45) is 1.52. The highest BCUT2D eigenvalue weighted by Gasteiger charge is 2.20. The van der Waals surface area contributed by atoms with Gasteiger partial charge < -0.3 is 20.9 Å². The first-order chi connectivity index (χ1) is 16.3. The van der Waals surface area contributed by atoms with Crippen LogP contribution in [0.1, 0.15) is 33.5 Å². The maximum absolute atomic E-state index is 13.2. The topological polar surface area (TPSA) is 134 Å². The monoisotopic (exact) mass is 512 g/mol. The Labute approximate surface area is 211 Å². The average molecular weight is 513 g/mol. The van der Waals surface area contributed by atoms with E-state index in [1.165, 1.54) is 29.3 Å². The number of para-hydroxylation sites is 2. The van der Waals surface area contributed by atoms with E-state index in [0.29, 0.717) is 40.3 Å². The largest absolute Gasteiger partial charge is 0.397 e. The first-order valence-electron chi connectivity index (χ1n) is 10.4. The number of aryl methyl sites for hydroxylation is 1. The number of nitrogens with one attached hydrogen (secondary N) is 2. The molecule has 0 aliphatic rings. The van der Waals surface area contributed by atoms with Gasteiger partial charge in [-0.15, -0.1) is 12.4 Å². The second-order valence-electron chi connectivity index (χ2n) is 7.49. The van der Waals surface area contributed by atoms with Crippen LogP contribution in [0.3, 0.4) is 0 Å². The minimum absolute atomic E-state index is 0. The number of rotatable bonds is 5. The van der Waals surface area contributed by atoms with Gasteiger partial charge in [-0.2, -0.15) is 0 Å². The number of H-pyrrole nitrogens is 1. The van der Waals surface area contributed by atoms with Gasteiger partial charge in [0.1, 0.15) is 17.0 Å². The summed E-state index contributed by atoms with van der Waals surface area (Å²) in [6.45, 7) is 3.91. The van der Waals surface area contributed by atoms with Crippen molar-refractivity contribution in [2.75, 3.05) is 22.5 Å². The van der Waals surface area contributed by atoms with Crippen LogP contribution in [-0.2, 0) is 0 Å². The minimum Gasteiger partial charge on any atom is -0.397 e. The molecular formula is C24H22Cl2N6O3. The number of pyridine rings is 1. The Morgan fingerprint density at radius 3 is 2.63 bits per heavy atom. The molecule has 9 nitrogen and oxygen atoms in total. The molecule has 4 N–H and O–H groups in total. The van der Waals surface area contributed by atoms with E-state index in [4.69, 9.17) is 17.3 Å². The number of aromatic amines is 1. The van der Waals surface area contributed by atoms with E-state index in [0.717, 1.165) is 0 Å². The zero-order valence-electron chi connectivity index (χ0n) is 18.8. The summed E-state index contributed by atoms with van der Waals surface area (Å²) in [5.41, 5.74) is 7.16. The van der Waals surface area contributed by atoms with Crippen molar-refractivity contribution in [1.82, 2.24) is 15.0 Å². The predicted molar refractivity (Wildman–Crippen MR) is 140 cm³/mol. The first-order valence-corrected chi connectivity index (χ1v) is 10.8. The maximum Gasteiger partial charge on any atom is 0.262 e. The van der Waals surface area contributed by atoms with Gasteiger partial charge in [0.25, 0.3) is 17.4 Å². The number of fused-ring (bicyclic) bond motifs is 1. The van der Waals surface area contributed by atoms with Gasteiger partial charge in [-0.25, -0.2) is 9.97 Å². The third-order valence-corrected chi connectivity index (χ3v) is 5.54. The molecule has 35 heavy (non-hydrogen) atoms. The van der Waals surface area contributed by atoms with Crippen molar-refractivity contribution in [3.05, 3.63) is 87.1 Å². The van der Waals surface area contributed by atoms with Gasteiger partial charge in [0.2, 0.25) is 0 Å². The Morgan fingerprint density at radius 1 is 1.17 bits per heavy atom. The highest BCUT2D eigenvalue weighted by atomic mass is 35.5. The van der Waals surface area contributed by atoms with Crippen molar-refractivity contribution < 1.29 is 9.59 Å². The highest BCUT2D eigenvalue weighted by molar-refractivity contribution is 6.34. The average Bonchev–Trinajstić information content (AvgIpc) is 2.81. The van der Waals surface area contributed by atoms with Crippen LogP contribution >= 0.6 is 24.0 Å². The number of amides is 2. The first kappa shape index (κ1) is 25.7. The van der Waals surface area contributed by atoms with Crippen LogP contribution in [0, 0.1) is 6.92 Å². The van der Waals surface area contributed by atoms with E-state index < -0.39 is 11.5 Å². The molecule has 0 radical (unpaired) electrons. The van der Waals surface area contributed by atoms with Gasteiger partial charge in [0.15, 0.2) is 0 Å². The van der Waals surface area contributed by atoms with Crippen LogP contribution in [0.4, 0.5) is 17.1 Å². The summed E-state index contributed by atoms with van der Waals surface area (Å²) >= 11 is 6.27. The summed E-state index contributed by atoms with van der Waals surface area (Å²) in [4.78, 5) is 50.9. The van der Waals surface area contributed by atoms with Crippen LogP contribution in [0.2, 0.25) is 5.02 Å². The number of nitrogens with zero attached hydrogens (tertiary/aromatic N) is 3. The smallest absolute Gasteiger partial charge is 0.262 e. The fraction of sp³-hybridized carbons (Fsp3) is 0.125. The standard InChI is InChI=1S/C24H21ClN6O3.ClH/c1-3-31(20-7-5-4-6-18(20)26)24(34)14-8-9-17(25)19(11-14)29-22(32)16-10-15-12-27-13(2)28-21(15)30-23(16)33;/h4-12H,3,26H2,1-2H3,(H,29,32)(H,27,28,30,33);1H. The van der Waals surface area contributed by atoms with E-state index in [-0.39, 0.29) is 34.6 Å². The SMILES string of the molecule is CCN(C(=O)c1ccc(Cl)c(NC(=O)c2cc3cnc(C)nc3[nH]c2=O)c1)c1ccccc1N.Cl. The molecule has 0 bridgehead atoms. The number of benzene rings is 2. The minimum atomic E-state index is -0.685. The van der Waals surface area contributed by atoms with Crippen molar-refractivity contribution in [2.24, 2.45) is 0 Å². The van der Waals surface area contributed by atoms with Crippen LogP contribution in [-0.4, -0.2) is 33.3 Å². The maximum atomic E-state index is 13.2. The molecule has 0 saturated carbocycles. The van der Waals surface area contributed by atoms with Gasteiger partial charge in [-0.1, -0.05) is 23.7 Å². The zero-order chi connectivity index (χ0) is 24.4. The fourth-order valence-corrected chi connectivity index (χ4v) is 3.67. The molecule has 180 valence electrons. The molecule has 4 rings (SSSR count). The highest BCUT2D eigenvalue weighted by Crippen LogP contribution is 2.28. The lowest BCUT2D eigenvalue weighted by Gasteiger charge is -2.23. The van der Waals surface area contributed by atoms with Crippen molar-refractivity contribution in [3.8, 4) is 0 Å². The molecule has 0 fully saturated rings. The van der Waals surface area contributed by atoms with Crippen molar-refractivity contribution in [1.29, 1.82) is 0 Å². The summed E-state index contributed by atoms with van der Waals surface area (Å²) in [5, 5.41) is 3.34. The normalized spacial score (nSPS) is 10.5. The number of nitrogen functional groups attached to an aromatic ring is 1. The van der Waals surface area contributed by atoms with Crippen LogP contribution in [0.5, 0.6) is 0 Å². The van der Waals surface area contributed by atoms with E-state index >= 15 is 0 Å². The molecule has 0 atom stereocenters. The van der Waals surface area contributed by atoms with Crippen molar-refractivity contribution in [2.45, 2.75) is 13.8 Å². The third-order valence-electron chi connectivity index (χ3n) is 5.21. The fourth-order valence-electron chi connectivity index (χ4n) is 3.51. The quantitative estimate of drug-likeness (QED) is 0.343. The summed E-state index contributed by atoms with van der Waals surface area (Å²) in [7, 11) is 0. The summed E-state index contributed by atoms with van der Waals surface area (Å²) in [6, 6.07) is 13.0. The van der Waals surface area contributed by atoms with Crippen molar-refractivity contribution in [3.63, 3.8) is 0 Å². The predicted octanol–water partition coefficient (Wildman–Crippen LogP) is 4.20. The number of hydrogen-bond donors (Lipinski definition) is 3. The molecular weight excluding hydrogens is 491 g/mol. The lowest BCUT2D eigenvalue weighted by atomic mass is 10.1. The second-order valence-corrected chi connectivity index (χ2v) is 7.90. The lowest BCUT2D eigenvalue weighted by Crippen LogP contribution is -2.31. The summed E-state index contributed by atoms with van der Waals surface area (Å²) < 4.78 is 0. The molecule has 11 heteroatoms. The molecule has 0 spiro atoms. The molecule has 2 amide bonds. The number of halogens is 2. The van der Waals surface area contributed by atoms with Crippen LogP contribution in [0.15, 0.2) is 59.5 Å². The molecule has 0 unspecified atom stereocenters. The number of nitrogens with two attached hydrogens (primary N) is 1. The van der Waals surface area contributed by atoms with Gasteiger partial charge >= 0.3 is 0 Å². The van der Waals surface area contributed by atoms with Crippen LogP contribution < -0.4 is 21.5 Å². The third kappa shape index (κ3) is 5.26. The van der Waals surface area contributed by atoms with Gasteiger partial charge in [-0.05, 0) is 50.2 Å². The molecule has 4 aromatic rings. The van der Waals surface area contributed by atoms with E-state index in [1.54, 1.807) is 37.3 Å². The Balaban J connectivity index is 0.00000342. The number of carbonyl (C=O) groups excluding carboxylic acids is 2. The van der Waals surface area contributed by atoms with Crippen LogP contribution in [0.25, 0.3) is 11.0 Å². The van der Waals surface area contributed by atoms with Crippen molar-refractivity contribution >= 4 is 63.9 Å². The zero-order valence-corrected chi connectivity index (χ0v) is 20.4. The molecule has 0 aliphatic carbocycles. The Kier molecular flexibility index (Phi) is 7.73. The molecule has 0 saturated heterocycles. The Hall–Kier alpha value is -3.95. The van der Waals surface area contributed by atoms with E-state index in [9.17, 15) is 14.4 Å². The van der Waals surface area contributed by atoms with Gasteiger partial charge in [-0.3, -0.25) is 14.4 Å². The summed E-state index contributed by atoms with van der Waals surface area (Å²) in [5.74, 6) is -0.509. The Bertz CT molecular complexity index is 1490. The molecule has 0 aliphatic heterocycles. The van der Waals surface area contributed by atoms with Gasteiger partial charge in [0, 0.05) is 23.7 Å². The number of hydrogen-bond acceptors (Lipinski definition) is 6. The number of aromatic nitrogens is 3. The van der Waals surface area contributed by atoms with E-state index in [2.05, 4.69) is 20.3 Å². The van der Waals surface area contributed by atoms with E-state index in [1.807, 2.05) is 6.92 Å². The molecule has 2 aromatic carbocycles. The van der Waals surface area contributed by atoms with Gasteiger partial charge in [0.05, 0.1) is 22.1 Å². The molecule has 2 heterocycles. The second kappa shape index (κ2) is 10.5. The Morgan fingerprint density at radius 2 is 1.91 bits per heavy atom.